The van der Waals surface area contributed by atoms with E-state index in [-0.39, 0.29) is 5.91 Å². The Bertz CT molecular complexity index is 675. The van der Waals surface area contributed by atoms with E-state index in [0.717, 1.165) is 15.7 Å². The quantitative estimate of drug-likeness (QED) is 0.771. The smallest absolute Gasteiger partial charge is 0.265 e. The lowest BCUT2D eigenvalue weighted by Gasteiger charge is -2.18. The van der Waals surface area contributed by atoms with Gasteiger partial charge >= 0.3 is 0 Å². The number of ether oxygens (including phenoxy) is 1. The number of halogens is 2. The van der Waals surface area contributed by atoms with Crippen LogP contribution in [0, 0.1) is 6.92 Å². The van der Waals surface area contributed by atoms with Gasteiger partial charge in [-0.1, -0.05) is 30.7 Å². The Morgan fingerprint density at radius 1 is 1.32 bits per heavy atom. The summed E-state index contributed by atoms with van der Waals surface area (Å²) in [5.41, 5.74) is 1.64. The fourth-order valence-corrected chi connectivity index (χ4v) is 2.45. The van der Waals surface area contributed by atoms with Crippen LogP contribution in [-0.4, -0.2) is 12.0 Å². The van der Waals surface area contributed by atoms with E-state index in [2.05, 4.69) is 21.2 Å². The zero-order valence-corrected chi connectivity index (χ0v) is 14.7. The number of hydrogen-bond acceptors (Lipinski definition) is 2. The summed E-state index contributed by atoms with van der Waals surface area (Å²) in [5.74, 6) is 0.457. The molecule has 0 aromatic heterocycles. The predicted molar refractivity (Wildman–Crippen MR) is 93.7 cm³/mol. The van der Waals surface area contributed by atoms with E-state index in [1.807, 2.05) is 44.2 Å². The molecule has 0 radical (unpaired) electrons. The molecule has 0 fully saturated rings. The number of hydrogen-bond donors (Lipinski definition) is 1. The van der Waals surface area contributed by atoms with Gasteiger partial charge in [0.05, 0.1) is 5.69 Å². The van der Waals surface area contributed by atoms with Gasteiger partial charge in [-0.3, -0.25) is 4.79 Å². The second kappa shape index (κ2) is 7.65. The Morgan fingerprint density at radius 3 is 2.68 bits per heavy atom. The molecule has 0 aliphatic carbocycles. The first kappa shape index (κ1) is 16.8. The zero-order valence-electron chi connectivity index (χ0n) is 12.4. The van der Waals surface area contributed by atoms with Crippen molar-refractivity contribution in [2.75, 3.05) is 5.32 Å². The summed E-state index contributed by atoms with van der Waals surface area (Å²) in [5, 5.41) is 3.55. The lowest BCUT2D eigenvalue weighted by molar-refractivity contribution is -0.122. The maximum atomic E-state index is 12.4. The molecule has 2 aromatic carbocycles. The number of para-hydroxylation sites is 1. The average molecular weight is 383 g/mol. The highest BCUT2D eigenvalue weighted by atomic mass is 79.9. The molecular weight excluding hydrogens is 366 g/mol. The molecule has 0 saturated heterocycles. The summed E-state index contributed by atoms with van der Waals surface area (Å²) < 4.78 is 6.62. The minimum absolute atomic E-state index is 0.179. The van der Waals surface area contributed by atoms with Crippen molar-refractivity contribution in [3.63, 3.8) is 0 Å². The average Bonchev–Trinajstić information content (AvgIpc) is 2.50. The van der Waals surface area contributed by atoms with E-state index in [0.29, 0.717) is 17.2 Å². The molecule has 2 aromatic rings. The molecule has 0 unspecified atom stereocenters. The molecule has 3 nitrogen and oxygen atoms in total. The summed E-state index contributed by atoms with van der Waals surface area (Å²) in [7, 11) is 0. The maximum Gasteiger partial charge on any atom is 0.265 e. The SMILES string of the molecule is CC[C@H](Oc1ccc(Cl)c(C)c1)C(=O)Nc1ccccc1Br. The fraction of sp³-hybridized carbons (Fsp3) is 0.235. The van der Waals surface area contributed by atoms with Crippen LogP contribution in [0.2, 0.25) is 5.02 Å². The van der Waals surface area contributed by atoms with Gasteiger partial charge in [-0.05, 0) is 65.2 Å². The predicted octanol–water partition coefficient (Wildman–Crippen LogP) is 5.21. The molecule has 0 aliphatic rings. The molecule has 2 rings (SSSR count). The first-order chi connectivity index (χ1) is 10.5. The van der Waals surface area contributed by atoms with E-state index in [4.69, 9.17) is 16.3 Å². The lowest BCUT2D eigenvalue weighted by Crippen LogP contribution is -2.32. The number of nitrogens with one attached hydrogen (secondary N) is 1. The molecule has 0 spiro atoms. The molecule has 5 heteroatoms. The number of anilines is 1. The number of carbonyl (C=O) groups excluding carboxylic acids is 1. The van der Waals surface area contributed by atoms with Crippen LogP contribution in [0.3, 0.4) is 0 Å². The van der Waals surface area contributed by atoms with Crippen molar-refractivity contribution in [2.45, 2.75) is 26.4 Å². The van der Waals surface area contributed by atoms with Crippen molar-refractivity contribution in [1.29, 1.82) is 0 Å². The molecule has 0 saturated carbocycles. The van der Waals surface area contributed by atoms with Crippen LogP contribution < -0.4 is 10.1 Å². The highest BCUT2D eigenvalue weighted by Crippen LogP contribution is 2.24. The van der Waals surface area contributed by atoms with Gasteiger partial charge in [0.25, 0.3) is 5.91 Å². The van der Waals surface area contributed by atoms with Gasteiger partial charge in [0.1, 0.15) is 5.75 Å². The van der Waals surface area contributed by atoms with E-state index < -0.39 is 6.10 Å². The molecule has 22 heavy (non-hydrogen) atoms. The van der Waals surface area contributed by atoms with Gasteiger partial charge in [-0.25, -0.2) is 0 Å². The van der Waals surface area contributed by atoms with Gasteiger partial charge in [-0.15, -0.1) is 0 Å². The molecule has 0 aliphatic heterocycles. The van der Waals surface area contributed by atoms with Crippen molar-refractivity contribution >= 4 is 39.1 Å². The van der Waals surface area contributed by atoms with Crippen molar-refractivity contribution in [3.8, 4) is 5.75 Å². The van der Waals surface area contributed by atoms with Crippen LogP contribution in [-0.2, 0) is 4.79 Å². The lowest BCUT2D eigenvalue weighted by atomic mass is 10.2. The molecule has 1 N–H and O–H groups in total. The Labute approximate surface area is 143 Å². The molecule has 1 amide bonds. The molecule has 116 valence electrons. The Morgan fingerprint density at radius 2 is 2.05 bits per heavy atom. The minimum atomic E-state index is -0.562. The monoisotopic (exact) mass is 381 g/mol. The van der Waals surface area contributed by atoms with Gasteiger partial charge in [0.2, 0.25) is 0 Å². The van der Waals surface area contributed by atoms with Crippen LogP contribution in [0.5, 0.6) is 5.75 Å². The molecule has 1 atom stereocenters. The van der Waals surface area contributed by atoms with Crippen LogP contribution in [0.4, 0.5) is 5.69 Å². The van der Waals surface area contributed by atoms with Crippen molar-refractivity contribution in [1.82, 2.24) is 0 Å². The van der Waals surface area contributed by atoms with Crippen molar-refractivity contribution < 1.29 is 9.53 Å². The zero-order chi connectivity index (χ0) is 16.1. The number of amides is 1. The van der Waals surface area contributed by atoms with E-state index >= 15 is 0 Å². The first-order valence-corrected chi connectivity index (χ1v) is 8.16. The summed E-state index contributed by atoms with van der Waals surface area (Å²) in [6, 6.07) is 12.8. The van der Waals surface area contributed by atoms with Crippen LogP contribution >= 0.6 is 27.5 Å². The van der Waals surface area contributed by atoms with Gasteiger partial charge in [0, 0.05) is 9.50 Å². The number of carbonyl (C=O) groups is 1. The van der Waals surface area contributed by atoms with Crippen molar-refractivity contribution in [3.05, 3.63) is 57.5 Å². The Balaban J connectivity index is 2.09. The highest BCUT2D eigenvalue weighted by molar-refractivity contribution is 9.10. The summed E-state index contributed by atoms with van der Waals surface area (Å²) in [6.45, 7) is 3.81. The largest absolute Gasteiger partial charge is 0.481 e. The maximum absolute atomic E-state index is 12.4. The molecule has 0 heterocycles. The first-order valence-electron chi connectivity index (χ1n) is 6.99. The topological polar surface area (TPSA) is 38.3 Å². The molecule has 0 bridgehead atoms. The fourth-order valence-electron chi connectivity index (χ4n) is 1.95. The summed E-state index contributed by atoms with van der Waals surface area (Å²) in [6.07, 6.45) is 0.00509. The Kier molecular flexibility index (Phi) is 5.86. The summed E-state index contributed by atoms with van der Waals surface area (Å²) in [4.78, 5) is 12.4. The van der Waals surface area contributed by atoms with E-state index in [9.17, 15) is 4.79 Å². The standard InChI is InChI=1S/C17H17BrClNO2/c1-3-16(22-12-8-9-14(19)11(2)10-12)17(21)20-15-7-5-4-6-13(15)18/h4-10,16H,3H2,1-2H3,(H,20,21)/t16-/m0/s1. The Hall–Kier alpha value is -1.52. The van der Waals surface area contributed by atoms with E-state index in [1.165, 1.54) is 0 Å². The van der Waals surface area contributed by atoms with Gasteiger partial charge < -0.3 is 10.1 Å². The third-order valence-corrected chi connectivity index (χ3v) is 4.32. The molecular formula is C17H17BrClNO2. The van der Waals surface area contributed by atoms with Crippen molar-refractivity contribution in [2.24, 2.45) is 0 Å². The normalized spacial score (nSPS) is 11.8. The van der Waals surface area contributed by atoms with Crippen LogP contribution in [0.25, 0.3) is 0 Å². The second-order valence-corrected chi connectivity index (χ2v) is 6.16. The second-order valence-electron chi connectivity index (χ2n) is 4.89. The number of benzene rings is 2. The number of aryl methyl sites for hydroxylation is 1. The highest BCUT2D eigenvalue weighted by Gasteiger charge is 2.19. The number of rotatable bonds is 5. The summed E-state index contributed by atoms with van der Waals surface area (Å²) >= 11 is 9.41. The third-order valence-electron chi connectivity index (χ3n) is 3.20. The minimum Gasteiger partial charge on any atom is -0.481 e. The van der Waals surface area contributed by atoms with E-state index in [1.54, 1.807) is 12.1 Å². The van der Waals surface area contributed by atoms with Crippen LogP contribution in [0.1, 0.15) is 18.9 Å². The van der Waals surface area contributed by atoms with Gasteiger partial charge in [-0.2, -0.15) is 0 Å². The third kappa shape index (κ3) is 4.24. The van der Waals surface area contributed by atoms with Crippen LogP contribution in [0.15, 0.2) is 46.9 Å². The van der Waals surface area contributed by atoms with Gasteiger partial charge in [0.15, 0.2) is 6.10 Å².